The van der Waals surface area contributed by atoms with Crippen LogP contribution in [0.15, 0.2) is 48.5 Å². The third-order valence-electron chi connectivity index (χ3n) is 7.62. The molecule has 0 spiro atoms. The number of nitrogens with zero attached hydrogens (tertiary/aromatic N) is 1. The van der Waals surface area contributed by atoms with Crippen molar-refractivity contribution in [1.29, 1.82) is 0 Å². The lowest BCUT2D eigenvalue weighted by Gasteiger charge is -2.25. The number of halogens is 4. The molecule has 3 N–H and O–H groups in total. The summed E-state index contributed by atoms with van der Waals surface area (Å²) in [6.45, 7) is 0.345. The normalized spacial score (nSPS) is 18.2. The highest BCUT2D eigenvalue weighted by Crippen LogP contribution is 2.47. The lowest BCUT2D eigenvalue weighted by atomic mass is 9.82. The predicted octanol–water partition coefficient (Wildman–Crippen LogP) is 4.27. The van der Waals surface area contributed by atoms with Crippen LogP contribution in [0.25, 0.3) is 11.3 Å². The van der Waals surface area contributed by atoms with Crippen molar-refractivity contribution in [3.63, 3.8) is 0 Å². The first-order valence-corrected chi connectivity index (χ1v) is 14.0. The molecule has 44 heavy (non-hydrogen) atoms. The molecule has 9 nitrogen and oxygen atoms in total. The summed E-state index contributed by atoms with van der Waals surface area (Å²) >= 11 is 0. The summed E-state index contributed by atoms with van der Waals surface area (Å²) in [7, 11) is 1.34. The number of rotatable bonds is 11. The van der Waals surface area contributed by atoms with Crippen molar-refractivity contribution >= 4 is 11.8 Å². The number of fused-ring (bicyclic) bond motifs is 1. The largest absolute Gasteiger partial charge is 0.493 e. The molecule has 2 atom stereocenters. The third kappa shape index (κ3) is 6.42. The maximum atomic E-state index is 14.6. The number of nitrogens with one attached hydrogen (secondary N) is 2. The van der Waals surface area contributed by atoms with Crippen molar-refractivity contribution in [2.45, 2.75) is 43.3 Å². The van der Waals surface area contributed by atoms with Crippen molar-refractivity contribution in [3.05, 3.63) is 71.2 Å². The smallest absolute Gasteiger partial charge is 0.398 e. The Morgan fingerprint density at radius 1 is 1.14 bits per heavy atom. The number of aliphatic hydroxyl groups excluding tert-OH is 1. The minimum Gasteiger partial charge on any atom is -0.493 e. The summed E-state index contributed by atoms with van der Waals surface area (Å²) in [6.07, 6.45) is -3.21. The molecule has 234 valence electrons. The molecule has 0 radical (unpaired) electrons. The van der Waals surface area contributed by atoms with Crippen LogP contribution < -0.4 is 24.8 Å². The number of benzene rings is 2. The Balaban J connectivity index is 1.49. The standard InChI is InChI=1S/C31H31F4N3O6/c1-30(29(41)37-20-8-9-20)16-44-27-21(30)14-23(38-26(27)17-3-6-19(32)7-4-17)22(31(33,34)35)15-36-28(40)18-5-10-24(43-12-11-39)25(13-18)42-2/h3-7,10,13-14,20,22,39H,8-9,11-12,15-16H2,1-2H3,(H,36,40)(H,37,41)/t22-,30+/m1/s1. The second kappa shape index (κ2) is 12.3. The van der Waals surface area contributed by atoms with E-state index < -0.39 is 41.5 Å². The molecule has 2 aliphatic rings. The third-order valence-corrected chi connectivity index (χ3v) is 7.62. The lowest BCUT2D eigenvalue weighted by Crippen LogP contribution is -2.44. The van der Waals surface area contributed by atoms with Gasteiger partial charge in [-0.05, 0) is 68.3 Å². The van der Waals surface area contributed by atoms with Gasteiger partial charge in [-0.3, -0.25) is 9.59 Å². The number of amides is 2. The summed E-state index contributed by atoms with van der Waals surface area (Å²) in [6, 6.07) is 10.3. The second-order valence-electron chi connectivity index (χ2n) is 10.9. The fraction of sp³-hybridized carbons (Fsp3) is 0.387. The first-order chi connectivity index (χ1) is 20.9. The van der Waals surface area contributed by atoms with E-state index in [9.17, 15) is 27.2 Å². The van der Waals surface area contributed by atoms with Crippen molar-refractivity contribution in [2.75, 3.05) is 33.5 Å². The first kappa shape index (κ1) is 31.0. The van der Waals surface area contributed by atoms with Gasteiger partial charge in [-0.2, -0.15) is 13.2 Å². The molecule has 0 unspecified atom stereocenters. The van der Waals surface area contributed by atoms with Gasteiger partial charge in [0.05, 0.1) is 19.4 Å². The van der Waals surface area contributed by atoms with Crippen LogP contribution in [0.1, 0.15) is 47.3 Å². The SMILES string of the molecule is COc1cc(C(=O)NC[C@H](c2cc3c(c(-c4ccc(F)cc4)n2)OC[C@]3(C)C(=O)NC2CC2)C(F)(F)F)ccc1OCCO. The first-order valence-electron chi connectivity index (χ1n) is 14.0. The highest BCUT2D eigenvalue weighted by molar-refractivity contribution is 5.95. The molecule has 13 heteroatoms. The van der Waals surface area contributed by atoms with Crippen LogP contribution in [0.5, 0.6) is 17.2 Å². The van der Waals surface area contributed by atoms with Gasteiger partial charge in [0.1, 0.15) is 41.8 Å². The fourth-order valence-electron chi connectivity index (χ4n) is 4.91. The van der Waals surface area contributed by atoms with Crippen molar-refractivity contribution < 1.29 is 46.5 Å². The summed E-state index contributed by atoms with van der Waals surface area (Å²) in [5, 5.41) is 14.2. The van der Waals surface area contributed by atoms with Gasteiger partial charge in [0.15, 0.2) is 11.5 Å². The molecule has 2 amide bonds. The monoisotopic (exact) mass is 617 g/mol. The van der Waals surface area contributed by atoms with E-state index in [1.165, 1.54) is 43.5 Å². The number of carbonyl (C=O) groups excluding carboxylic acids is 2. The Morgan fingerprint density at radius 3 is 2.50 bits per heavy atom. The van der Waals surface area contributed by atoms with Gasteiger partial charge in [0, 0.05) is 29.3 Å². The molecule has 3 aromatic rings. The summed E-state index contributed by atoms with van der Waals surface area (Å²) in [5.41, 5.74) is -1.16. The molecule has 2 aromatic carbocycles. The maximum absolute atomic E-state index is 14.6. The van der Waals surface area contributed by atoms with Crippen LogP contribution in [-0.4, -0.2) is 67.6 Å². The molecule has 1 aromatic heterocycles. The number of hydrogen-bond donors (Lipinski definition) is 3. The number of hydrogen-bond acceptors (Lipinski definition) is 7. The van der Waals surface area contributed by atoms with E-state index in [2.05, 4.69) is 15.6 Å². The average Bonchev–Trinajstić information content (AvgIpc) is 3.75. The highest BCUT2D eigenvalue weighted by Gasteiger charge is 2.49. The Morgan fingerprint density at radius 2 is 1.86 bits per heavy atom. The van der Waals surface area contributed by atoms with Crippen molar-refractivity contribution in [2.24, 2.45) is 0 Å². The molecule has 1 fully saturated rings. The van der Waals surface area contributed by atoms with E-state index >= 15 is 0 Å². The zero-order chi connectivity index (χ0) is 31.6. The summed E-state index contributed by atoms with van der Waals surface area (Å²) < 4.78 is 74.0. The van der Waals surface area contributed by atoms with E-state index in [0.717, 1.165) is 25.0 Å². The van der Waals surface area contributed by atoms with Crippen LogP contribution in [0, 0.1) is 5.82 Å². The fourth-order valence-corrected chi connectivity index (χ4v) is 4.91. The minimum absolute atomic E-state index is 0.00770. The van der Waals surface area contributed by atoms with Gasteiger partial charge in [-0.15, -0.1) is 0 Å². The topological polar surface area (TPSA) is 119 Å². The van der Waals surface area contributed by atoms with E-state index in [0.29, 0.717) is 5.56 Å². The summed E-state index contributed by atoms with van der Waals surface area (Å²) in [5.74, 6) is -3.43. The minimum atomic E-state index is -4.85. The molecular weight excluding hydrogens is 586 g/mol. The molecule has 1 aliphatic heterocycles. The maximum Gasteiger partial charge on any atom is 0.398 e. The van der Waals surface area contributed by atoms with Crippen molar-refractivity contribution in [3.8, 4) is 28.5 Å². The van der Waals surface area contributed by atoms with Gasteiger partial charge in [0.25, 0.3) is 5.91 Å². The van der Waals surface area contributed by atoms with E-state index in [4.69, 9.17) is 19.3 Å². The number of aromatic nitrogens is 1. The molecule has 0 saturated heterocycles. The number of aliphatic hydroxyl groups is 1. The van der Waals surface area contributed by atoms with Gasteiger partial charge in [0.2, 0.25) is 5.91 Å². The zero-order valence-corrected chi connectivity index (χ0v) is 24.0. The zero-order valence-electron chi connectivity index (χ0n) is 24.0. The van der Waals surface area contributed by atoms with Crippen LogP contribution in [0.2, 0.25) is 0 Å². The Hall–Kier alpha value is -4.39. The molecule has 5 rings (SSSR count). The van der Waals surface area contributed by atoms with Crippen molar-refractivity contribution in [1.82, 2.24) is 15.6 Å². The van der Waals surface area contributed by atoms with Gasteiger partial charge >= 0.3 is 6.18 Å². The van der Waals surface area contributed by atoms with Crippen LogP contribution >= 0.6 is 0 Å². The summed E-state index contributed by atoms with van der Waals surface area (Å²) in [4.78, 5) is 30.6. The number of methoxy groups -OCH3 is 1. The number of carbonyl (C=O) groups is 2. The highest BCUT2D eigenvalue weighted by atomic mass is 19.4. The van der Waals surface area contributed by atoms with Gasteiger partial charge in [-0.25, -0.2) is 9.37 Å². The van der Waals surface area contributed by atoms with E-state index in [-0.39, 0.29) is 65.8 Å². The molecule has 1 aliphatic carbocycles. The number of alkyl halides is 3. The number of ether oxygens (including phenoxy) is 3. The van der Waals surface area contributed by atoms with Crippen LogP contribution in [-0.2, 0) is 10.2 Å². The Labute approximate surface area is 250 Å². The quantitative estimate of drug-likeness (QED) is 0.275. The predicted molar refractivity (Wildman–Crippen MR) is 150 cm³/mol. The molecule has 2 heterocycles. The second-order valence-corrected chi connectivity index (χ2v) is 10.9. The molecular formula is C31H31F4N3O6. The van der Waals surface area contributed by atoms with Gasteiger partial charge in [-0.1, -0.05) is 0 Å². The lowest BCUT2D eigenvalue weighted by molar-refractivity contribution is -0.149. The van der Waals surface area contributed by atoms with Crippen LogP contribution in [0.4, 0.5) is 17.6 Å². The van der Waals surface area contributed by atoms with E-state index in [1.54, 1.807) is 6.92 Å². The Bertz CT molecular complexity index is 1540. The molecule has 0 bridgehead atoms. The van der Waals surface area contributed by atoms with Crippen LogP contribution in [0.3, 0.4) is 0 Å². The van der Waals surface area contributed by atoms with E-state index in [1.807, 2.05) is 0 Å². The van der Waals surface area contributed by atoms with Gasteiger partial charge < -0.3 is 30.0 Å². The molecule has 1 saturated carbocycles. The number of pyridine rings is 1. The Kier molecular flexibility index (Phi) is 8.69. The average molecular weight is 618 g/mol.